The van der Waals surface area contributed by atoms with Gasteiger partial charge in [-0.15, -0.1) is 0 Å². The lowest BCUT2D eigenvalue weighted by molar-refractivity contribution is -0.131. The van der Waals surface area contributed by atoms with Crippen LogP contribution >= 0.6 is 0 Å². The minimum atomic E-state index is 0.0257. The van der Waals surface area contributed by atoms with E-state index in [2.05, 4.69) is 51.8 Å². The molecule has 1 heterocycles. The monoisotopic (exact) mass is 268 g/mol. The fourth-order valence-electron chi connectivity index (χ4n) is 2.67. The van der Waals surface area contributed by atoms with Crippen LogP contribution in [0, 0.1) is 17.8 Å². The second kappa shape index (κ2) is 7.28. The molecule has 4 atom stereocenters. The van der Waals surface area contributed by atoms with Crippen LogP contribution in [0.4, 0.5) is 0 Å². The third kappa shape index (κ3) is 4.20. The Morgan fingerprint density at radius 2 is 1.79 bits per heavy atom. The third-order valence-electron chi connectivity index (χ3n) is 4.41. The molecule has 3 nitrogen and oxygen atoms in total. The van der Waals surface area contributed by atoms with Crippen LogP contribution in [-0.2, 0) is 4.79 Å². The van der Waals surface area contributed by atoms with Gasteiger partial charge in [0.05, 0.1) is 12.2 Å². The number of hydrogen-bond donors (Lipinski definition) is 1. The third-order valence-corrected chi connectivity index (χ3v) is 4.41. The summed E-state index contributed by atoms with van der Waals surface area (Å²) in [5.41, 5.74) is 0. The molecular weight excluding hydrogens is 236 g/mol. The lowest BCUT2D eigenvalue weighted by atomic mass is 9.99. The Hall–Kier alpha value is -0.570. The van der Waals surface area contributed by atoms with Gasteiger partial charge in [-0.3, -0.25) is 10.1 Å². The molecule has 1 amide bonds. The molecule has 0 aromatic rings. The van der Waals surface area contributed by atoms with Crippen LogP contribution < -0.4 is 5.32 Å². The van der Waals surface area contributed by atoms with Crippen LogP contribution in [-0.4, -0.2) is 29.6 Å². The molecule has 3 heteroatoms. The van der Waals surface area contributed by atoms with Gasteiger partial charge in [-0.05, 0) is 24.2 Å². The SMILES string of the molecule is CCC(C)CN1C(=O)C(C(C)CC)NC1CC(C)C. The topological polar surface area (TPSA) is 32.3 Å². The minimum Gasteiger partial charge on any atom is -0.326 e. The van der Waals surface area contributed by atoms with E-state index in [1.807, 2.05) is 0 Å². The van der Waals surface area contributed by atoms with E-state index in [1.165, 1.54) is 0 Å². The second-order valence-corrected chi connectivity index (χ2v) is 6.68. The average Bonchev–Trinajstić information content (AvgIpc) is 2.65. The molecule has 1 aliphatic rings. The number of carbonyl (C=O) groups is 1. The predicted octanol–water partition coefficient (Wildman–Crippen LogP) is 3.25. The summed E-state index contributed by atoms with van der Waals surface area (Å²) in [5, 5.41) is 3.58. The van der Waals surface area contributed by atoms with Crippen molar-refractivity contribution in [2.45, 2.75) is 73.0 Å². The van der Waals surface area contributed by atoms with E-state index in [4.69, 9.17) is 0 Å². The van der Waals surface area contributed by atoms with Gasteiger partial charge in [-0.25, -0.2) is 0 Å². The molecule has 1 aliphatic heterocycles. The van der Waals surface area contributed by atoms with Crippen molar-refractivity contribution in [3.63, 3.8) is 0 Å². The largest absolute Gasteiger partial charge is 0.326 e. The van der Waals surface area contributed by atoms with Crippen molar-refractivity contribution in [1.29, 1.82) is 0 Å². The Morgan fingerprint density at radius 3 is 2.26 bits per heavy atom. The Morgan fingerprint density at radius 1 is 1.16 bits per heavy atom. The van der Waals surface area contributed by atoms with Crippen molar-refractivity contribution in [3.8, 4) is 0 Å². The molecule has 19 heavy (non-hydrogen) atoms. The van der Waals surface area contributed by atoms with Crippen molar-refractivity contribution in [1.82, 2.24) is 10.2 Å². The standard InChI is InChI=1S/C16H32N2O/c1-7-12(5)10-18-14(9-11(3)4)17-15(16(18)19)13(6)8-2/h11-15,17H,7-10H2,1-6H3. The summed E-state index contributed by atoms with van der Waals surface area (Å²) in [6, 6.07) is 0.0257. The average molecular weight is 268 g/mol. The molecule has 0 aromatic heterocycles. The van der Waals surface area contributed by atoms with Crippen molar-refractivity contribution >= 4 is 5.91 Å². The van der Waals surface area contributed by atoms with Crippen LogP contribution in [0.5, 0.6) is 0 Å². The molecule has 0 saturated carbocycles. The maximum absolute atomic E-state index is 12.6. The Balaban J connectivity index is 2.78. The van der Waals surface area contributed by atoms with Crippen LogP contribution in [0.3, 0.4) is 0 Å². The molecule has 1 saturated heterocycles. The lowest BCUT2D eigenvalue weighted by Gasteiger charge is -2.28. The first-order chi connectivity index (χ1) is 8.90. The molecule has 0 aliphatic carbocycles. The van der Waals surface area contributed by atoms with Crippen molar-refractivity contribution in [2.75, 3.05) is 6.54 Å². The fourth-order valence-corrected chi connectivity index (χ4v) is 2.67. The van der Waals surface area contributed by atoms with E-state index < -0.39 is 0 Å². The number of amides is 1. The summed E-state index contributed by atoms with van der Waals surface area (Å²) >= 11 is 0. The second-order valence-electron chi connectivity index (χ2n) is 6.68. The molecule has 1 fully saturated rings. The number of carbonyl (C=O) groups excluding carboxylic acids is 1. The van der Waals surface area contributed by atoms with E-state index in [9.17, 15) is 4.79 Å². The molecule has 0 aromatic carbocycles. The number of rotatable bonds is 7. The molecule has 112 valence electrons. The Kier molecular flexibility index (Phi) is 6.31. The van der Waals surface area contributed by atoms with E-state index in [-0.39, 0.29) is 12.2 Å². The number of nitrogens with one attached hydrogen (secondary N) is 1. The zero-order valence-electron chi connectivity index (χ0n) is 13.6. The molecule has 1 rings (SSSR count). The molecule has 0 radical (unpaired) electrons. The van der Waals surface area contributed by atoms with Gasteiger partial charge in [0.15, 0.2) is 0 Å². The van der Waals surface area contributed by atoms with Crippen molar-refractivity contribution < 1.29 is 4.79 Å². The predicted molar refractivity (Wildman–Crippen MR) is 80.8 cm³/mol. The van der Waals surface area contributed by atoms with Gasteiger partial charge in [0.1, 0.15) is 0 Å². The molecule has 0 spiro atoms. The van der Waals surface area contributed by atoms with Gasteiger partial charge < -0.3 is 4.90 Å². The highest BCUT2D eigenvalue weighted by Crippen LogP contribution is 2.24. The molecular formula is C16H32N2O. The minimum absolute atomic E-state index is 0.0257. The number of hydrogen-bond acceptors (Lipinski definition) is 2. The van der Waals surface area contributed by atoms with Gasteiger partial charge in [0, 0.05) is 6.54 Å². The van der Waals surface area contributed by atoms with Crippen molar-refractivity contribution in [2.24, 2.45) is 17.8 Å². The summed E-state index contributed by atoms with van der Waals surface area (Å²) < 4.78 is 0. The highest BCUT2D eigenvalue weighted by atomic mass is 16.2. The van der Waals surface area contributed by atoms with E-state index in [0.29, 0.717) is 23.7 Å². The normalized spacial score (nSPS) is 27.1. The summed E-state index contributed by atoms with van der Waals surface area (Å²) in [7, 11) is 0. The molecule has 4 unspecified atom stereocenters. The fraction of sp³-hybridized carbons (Fsp3) is 0.938. The lowest BCUT2D eigenvalue weighted by Crippen LogP contribution is -2.40. The first-order valence-electron chi connectivity index (χ1n) is 7.97. The van der Waals surface area contributed by atoms with E-state index in [1.54, 1.807) is 0 Å². The highest BCUT2D eigenvalue weighted by molar-refractivity contribution is 5.84. The maximum atomic E-state index is 12.6. The summed E-state index contributed by atoms with van der Waals surface area (Å²) in [6.45, 7) is 14.1. The van der Waals surface area contributed by atoms with Crippen molar-refractivity contribution in [3.05, 3.63) is 0 Å². The van der Waals surface area contributed by atoms with E-state index >= 15 is 0 Å². The van der Waals surface area contributed by atoms with Crippen LogP contribution in [0.25, 0.3) is 0 Å². The van der Waals surface area contributed by atoms with Gasteiger partial charge in [-0.1, -0.05) is 54.4 Å². The van der Waals surface area contributed by atoms with Gasteiger partial charge in [-0.2, -0.15) is 0 Å². The summed E-state index contributed by atoms with van der Waals surface area (Å²) in [4.78, 5) is 14.7. The van der Waals surface area contributed by atoms with Crippen LogP contribution in [0.1, 0.15) is 60.8 Å². The Bertz CT molecular complexity index is 290. The summed E-state index contributed by atoms with van der Waals surface area (Å²) in [5.74, 6) is 1.93. The van der Waals surface area contributed by atoms with Crippen LogP contribution in [0.15, 0.2) is 0 Å². The van der Waals surface area contributed by atoms with Gasteiger partial charge >= 0.3 is 0 Å². The van der Waals surface area contributed by atoms with Gasteiger partial charge in [0.2, 0.25) is 5.91 Å². The zero-order chi connectivity index (χ0) is 14.6. The summed E-state index contributed by atoms with van der Waals surface area (Å²) in [6.07, 6.45) is 3.47. The highest BCUT2D eigenvalue weighted by Gasteiger charge is 2.41. The zero-order valence-corrected chi connectivity index (χ0v) is 13.6. The molecule has 0 bridgehead atoms. The smallest absolute Gasteiger partial charge is 0.241 e. The van der Waals surface area contributed by atoms with Crippen LogP contribution in [0.2, 0.25) is 0 Å². The first kappa shape index (κ1) is 16.5. The number of nitrogens with zero attached hydrogens (tertiary/aromatic N) is 1. The van der Waals surface area contributed by atoms with E-state index in [0.717, 1.165) is 25.8 Å². The Labute approximate surface area is 119 Å². The quantitative estimate of drug-likeness (QED) is 0.768. The maximum Gasteiger partial charge on any atom is 0.241 e. The van der Waals surface area contributed by atoms with Gasteiger partial charge in [0.25, 0.3) is 0 Å². The first-order valence-corrected chi connectivity index (χ1v) is 7.97. The molecule has 1 N–H and O–H groups in total.